The predicted molar refractivity (Wildman–Crippen MR) is 137 cm³/mol. The van der Waals surface area contributed by atoms with Crippen molar-refractivity contribution in [2.45, 2.75) is 77.3 Å². The fourth-order valence-corrected chi connectivity index (χ4v) is 5.25. The Morgan fingerprint density at radius 1 is 1.11 bits per heavy atom. The number of carbonyl (C=O) groups is 3. The van der Waals surface area contributed by atoms with Crippen molar-refractivity contribution in [1.82, 2.24) is 20.0 Å². The minimum atomic E-state index is -0.614. The molecule has 9 heteroatoms. The number of aromatic nitrogens is 2. The number of benzene rings is 1. The van der Waals surface area contributed by atoms with E-state index in [1.54, 1.807) is 41.4 Å². The predicted octanol–water partition coefficient (Wildman–Crippen LogP) is 3.62. The van der Waals surface area contributed by atoms with E-state index < -0.39 is 12.1 Å². The van der Waals surface area contributed by atoms with Crippen molar-refractivity contribution in [2.24, 2.45) is 11.8 Å². The number of hydrogen-bond donors (Lipinski definition) is 3. The van der Waals surface area contributed by atoms with Crippen molar-refractivity contribution in [3.8, 4) is 11.4 Å². The third-order valence-corrected chi connectivity index (χ3v) is 7.55. The fraction of sp³-hybridized carbons (Fsp3) is 0.556. The summed E-state index contributed by atoms with van der Waals surface area (Å²) in [7, 11) is 0. The quantitative estimate of drug-likeness (QED) is 0.517. The van der Waals surface area contributed by atoms with Crippen molar-refractivity contribution < 1.29 is 19.5 Å². The normalized spacial score (nSPS) is 20.1. The maximum atomic E-state index is 13.8. The number of hydrogen-bond acceptors (Lipinski definition) is 5. The SMILES string of the molecule is CC[C@@H](C)C(=O)N[C@H](C(=O)N1CCC[C@H]1C(=O)Nc1ccnn1-c1cccc(O)c1)C1CCCCC1. The first-order valence-corrected chi connectivity index (χ1v) is 13.1. The molecule has 1 aliphatic heterocycles. The van der Waals surface area contributed by atoms with E-state index in [2.05, 4.69) is 15.7 Å². The van der Waals surface area contributed by atoms with Gasteiger partial charge < -0.3 is 20.6 Å². The van der Waals surface area contributed by atoms with Gasteiger partial charge in [0, 0.05) is 24.6 Å². The smallest absolute Gasteiger partial charge is 0.248 e. The van der Waals surface area contributed by atoms with Crippen molar-refractivity contribution in [1.29, 1.82) is 0 Å². The topological polar surface area (TPSA) is 117 Å². The Labute approximate surface area is 212 Å². The average molecular weight is 496 g/mol. The van der Waals surface area contributed by atoms with Crippen LogP contribution < -0.4 is 10.6 Å². The lowest BCUT2D eigenvalue weighted by molar-refractivity contribution is -0.142. The monoisotopic (exact) mass is 495 g/mol. The van der Waals surface area contributed by atoms with E-state index in [1.165, 1.54) is 4.68 Å². The van der Waals surface area contributed by atoms with E-state index in [1.807, 2.05) is 13.8 Å². The third kappa shape index (κ3) is 5.71. The number of nitrogens with one attached hydrogen (secondary N) is 2. The van der Waals surface area contributed by atoms with Gasteiger partial charge in [-0.2, -0.15) is 5.10 Å². The molecule has 0 bridgehead atoms. The zero-order valence-electron chi connectivity index (χ0n) is 21.2. The van der Waals surface area contributed by atoms with Gasteiger partial charge >= 0.3 is 0 Å². The maximum absolute atomic E-state index is 13.8. The van der Waals surface area contributed by atoms with E-state index in [0.717, 1.165) is 38.5 Å². The second-order valence-corrected chi connectivity index (χ2v) is 10.0. The Bertz CT molecular complexity index is 1080. The molecule has 36 heavy (non-hydrogen) atoms. The molecule has 1 saturated heterocycles. The van der Waals surface area contributed by atoms with Crippen LogP contribution in [-0.2, 0) is 14.4 Å². The summed E-state index contributed by atoms with van der Waals surface area (Å²) in [5.74, 6) is -0.0531. The minimum Gasteiger partial charge on any atom is -0.508 e. The van der Waals surface area contributed by atoms with Gasteiger partial charge in [0.2, 0.25) is 17.7 Å². The molecule has 4 rings (SSSR count). The first-order chi connectivity index (χ1) is 17.4. The Morgan fingerprint density at radius 2 is 1.89 bits per heavy atom. The highest BCUT2D eigenvalue weighted by molar-refractivity contribution is 5.98. The van der Waals surface area contributed by atoms with Crippen LogP contribution in [0.1, 0.15) is 65.2 Å². The van der Waals surface area contributed by atoms with Crippen LogP contribution in [0.25, 0.3) is 5.69 Å². The molecule has 194 valence electrons. The lowest BCUT2D eigenvalue weighted by Gasteiger charge is -2.35. The number of likely N-dealkylation sites (tertiary alicyclic amines) is 1. The Balaban J connectivity index is 1.50. The molecule has 0 radical (unpaired) electrons. The summed E-state index contributed by atoms with van der Waals surface area (Å²) in [6, 6.07) is 7.07. The van der Waals surface area contributed by atoms with Crippen LogP contribution in [-0.4, -0.2) is 56.1 Å². The van der Waals surface area contributed by atoms with Gasteiger partial charge in [-0.15, -0.1) is 0 Å². The first-order valence-electron chi connectivity index (χ1n) is 13.1. The number of anilines is 1. The second-order valence-electron chi connectivity index (χ2n) is 10.0. The number of phenolic OH excluding ortho intramolecular Hbond substituents is 1. The number of phenols is 1. The zero-order valence-corrected chi connectivity index (χ0v) is 21.2. The van der Waals surface area contributed by atoms with Gasteiger partial charge in [-0.05, 0) is 50.2 Å². The summed E-state index contributed by atoms with van der Waals surface area (Å²) in [6.45, 7) is 4.33. The van der Waals surface area contributed by atoms with Crippen LogP contribution >= 0.6 is 0 Å². The summed E-state index contributed by atoms with van der Waals surface area (Å²) in [5, 5.41) is 20.1. The molecular formula is C27H37N5O4. The number of rotatable bonds is 8. The highest BCUT2D eigenvalue weighted by Gasteiger charge is 2.41. The summed E-state index contributed by atoms with van der Waals surface area (Å²) in [4.78, 5) is 41.6. The van der Waals surface area contributed by atoms with Gasteiger partial charge in [-0.1, -0.05) is 39.2 Å². The Morgan fingerprint density at radius 3 is 2.61 bits per heavy atom. The molecule has 9 nitrogen and oxygen atoms in total. The van der Waals surface area contributed by atoms with Crippen LogP contribution in [0.15, 0.2) is 36.5 Å². The lowest BCUT2D eigenvalue weighted by atomic mass is 9.83. The van der Waals surface area contributed by atoms with Gasteiger partial charge in [0.25, 0.3) is 0 Å². The highest BCUT2D eigenvalue weighted by Crippen LogP contribution is 2.30. The molecule has 2 heterocycles. The van der Waals surface area contributed by atoms with Crippen molar-refractivity contribution in [3.63, 3.8) is 0 Å². The fourth-order valence-electron chi connectivity index (χ4n) is 5.25. The van der Waals surface area contributed by atoms with Gasteiger partial charge in [-0.3, -0.25) is 14.4 Å². The molecular weight excluding hydrogens is 458 g/mol. The molecule has 0 unspecified atom stereocenters. The third-order valence-electron chi connectivity index (χ3n) is 7.55. The van der Waals surface area contributed by atoms with Crippen LogP contribution in [0, 0.1) is 11.8 Å². The van der Waals surface area contributed by atoms with Gasteiger partial charge in [0.05, 0.1) is 11.9 Å². The molecule has 2 aliphatic rings. The number of aromatic hydroxyl groups is 1. The van der Waals surface area contributed by atoms with Crippen LogP contribution in [0.4, 0.5) is 5.82 Å². The molecule has 3 amide bonds. The van der Waals surface area contributed by atoms with Crippen molar-refractivity contribution in [3.05, 3.63) is 36.5 Å². The standard InChI is InChI=1S/C27H37N5O4/c1-3-18(2)25(34)30-24(19-9-5-4-6-10-19)27(36)31-16-8-13-22(31)26(35)29-23-14-15-28-32(23)20-11-7-12-21(33)17-20/h7,11-12,14-15,17-19,22,24,33H,3-6,8-10,13,16H2,1-2H3,(H,29,35)(H,30,34)/t18-,22+,24+/m1/s1. The highest BCUT2D eigenvalue weighted by atomic mass is 16.3. The largest absolute Gasteiger partial charge is 0.508 e. The number of carbonyl (C=O) groups excluding carboxylic acids is 3. The van der Waals surface area contributed by atoms with Gasteiger partial charge in [-0.25, -0.2) is 4.68 Å². The summed E-state index contributed by atoms with van der Waals surface area (Å²) in [6.07, 6.45) is 8.64. The van der Waals surface area contributed by atoms with E-state index in [0.29, 0.717) is 30.9 Å². The molecule has 2 fully saturated rings. The lowest BCUT2D eigenvalue weighted by Crippen LogP contribution is -2.56. The summed E-state index contributed by atoms with van der Waals surface area (Å²) >= 11 is 0. The summed E-state index contributed by atoms with van der Waals surface area (Å²) in [5.41, 5.74) is 0.611. The molecule has 0 spiro atoms. The van der Waals surface area contributed by atoms with E-state index >= 15 is 0 Å². The van der Waals surface area contributed by atoms with Crippen molar-refractivity contribution >= 4 is 23.5 Å². The average Bonchev–Trinajstić information content (AvgIpc) is 3.57. The zero-order chi connectivity index (χ0) is 25.7. The molecule has 3 N–H and O–H groups in total. The number of nitrogens with zero attached hydrogens (tertiary/aromatic N) is 3. The van der Waals surface area contributed by atoms with Gasteiger partial charge in [0.1, 0.15) is 23.7 Å². The molecule has 3 atom stereocenters. The second kappa shape index (κ2) is 11.6. The van der Waals surface area contributed by atoms with E-state index in [-0.39, 0.29) is 35.3 Å². The molecule has 1 aromatic carbocycles. The van der Waals surface area contributed by atoms with Crippen LogP contribution in [0.2, 0.25) is 0 Å². The minimum absolute atomic E-state index is 0.0933. The van der Waals surface area contributed by atoms with Gasteiger partial charge in [0.15, 0.2) is 0 Å². The molecule has 1 aliphatic carbocycles. The molecule has 2 aromatic rings. The Kier molecular flexibility index (Phi) is 8.28. The molecule has 1 aromatic heterocycles. The maximum Gasteiger partial charge on any atom is 0.248 e. The Hall–Kier alpha value is -3.36. The van der Waals surface area contributed by atoms with Crippen LogP contribution in [0.5, 0.6) is 5.75 Å². The van der Waals surface area contributed by atoms with Crippen LogP contribution in [0.3, 0.4) is 0 Å². The summed E-state index contributed by atoms with van der Waals surface area (Å²) < 4.78 is 1.54. The first kappa shape index (κ1) is 25.7. The van der Waals surface area contributed by atoms with E-state index in [9.17, 15) is 19.5 Å². The van der Waals surface area contributed by atoms with Crippen molar-refractivity contribution in [2.75, 3.05) is 11.9 Å². The molecule has 1 saturated carbocycles. The van der Waals surface area contributed by atoms with E-state index in [4.69, 9.17) is 0 Å². The number of amides is 3.